The van der Waals surface area contributed by atoms with Crippen LogP contribution in [0.1, 0.15) is 25.3 Å². The van der Waals surface area contributed by atoms with Crippen molar-refractivity contribution in [2.45, 2.75) is 32.4 Å². The number of nitrogens with one attached hydrogen (secondary N) is 2. The summed E-state index contributed by atoms with van der Waals surface area (Å²) in [6, 6.07) is 6.28. The maximum Gasteiger partial charge on any atom is 0.191 e. The summed E-state index contributed by atoms with van der Waals surface area (Å²) in [7, 11) is 0.467. The van der Waals surface area contributed by atoms with Crippen molar-refractivity contribution >= 4 is 39.8 Å². The summed E-state index contributed by atoms with van der Waals surface area (Å²) in [4.78, 5) is 7.06. The summed E-state index contributed by atoms with van der Waals surface area (Å²) in [6.07, 6.45) is 1.75. The summed E-state index contributed by atoms with van der Waals surface area (Å²) < 4.78 is 34.1. The van der Waals surface area contributed by atoms with Gasteiger partial charge in [0.05, 0.1) is 25.7 Å². The van der Waals surface area contributed by atoms with E-state index in [2.05, 4.69) is 20.5 Å². The number of ether oxygens (including phenoxy) is 2. The average Bonchev–Trinajstić information content (AvgIpc) is 3.31. The van der Waals surface area contributed by atoms with Crippen LogP contribution in [0.25, 0.3) is 0 Å². The fraction of sp³-hybridized carbons (Fsp3) is 0.667. The molecule has 0 amide bonds. The standard InChI is InChI=1S/C21H34N4O4S.HI/c1-4-22-21(23-12-16-6-8-30(26,27)15-16)24-18-5-7-25(14-18)13-17-9-19(28-2)11-20(10-17)29-3;/h9-11,16,18H,4-8,12-15H2,1-3H3,(H2,22,23,24);1H. The minimum atomic E-state index is -2.86. The zero-order chi connectivity index (χ0) is 21.6. The highest BCUT2D eigenvalue weighted by atomic mass is 127. The van der Waals surface area contributed by atoms with Gasteiger partial charge in [-0.25, -0.2) is 8.42 Å². The first-order valence-electron chi connectivity index (χ1n) is 10.6. The van der Waals surface area contributed by atoms with Crippen LogP contribution in [0, 0.1) is 5.92 Å². The molecule has 176 valence electrons. The van der Waals surface area contributed by atoms with Crippen molar-refractivity contribution in [3.63, 3.8) is 0 Å². The molecule has 2 saturated heterocycles. The predicted molar refractivity (Wildman–Crippen MR) is 135 cm³/mol. The molecule has 2 aliphatic heterocycles. The van der Waals surface area contributed by atoms with E-state index in [-0.39, 0.29) is 35.6 Å². The van der Waals surface area contributed by atoms with E-state index in [1.54, 1.807) is 14.2 Å². The molecule has 2 unspecified atom stereocenters. The molecule has 0 radical (unpaired) electrons. The number of benzene rings is 1. The van der Waals surface area contributed by atoms with E-state index in [0.717, 1.165) is 55.6 Å². The van der Waals surface area contributed by atoms with Gasteiger partial charge in [0, 0.05) is 44.8 Å². The monoisotopic (exact) mass is 566 g/mol. The van der Waals surface area contributed by atoms with E-state index in [4.69, 9.17) is 9.47 Å². The molecule has 1 aromatic carbocycles. The van der Waals surface area contributed by atoms with E-state index in [1.807, 2.05) is 25.1 Å². The number of hydrogen-bond acceptors (Lipinski definition) is 6. The summed E-state index contributed by atoms with van der Waals surface area (Å²) >= 11 is 0. The van der Waals surface area contributed by atoms with Gasteiger partial charge in [0.25, 0.3) is 0 Å². The number of sulfone groups is 1. The Morgan fingerprint density at radius 2 is 1.90 bits per heavy atom. The molecule has 1 aromatic rings. The Bertz CT molecular complexity index is 828. The highest BCUT2D eigenvalue weighted by Crippen LogP contribution is 2.24. The molecule has 2 fully saturated rings. The van der Waals surface area contributed by atoms with Crippen molar-refractivity contribution in [3.8, 4) is 11.5 Å². The number of guanidine groups is 1. The average molecular weight is 567 g/mol. The molecule has 2 atom stereocenters. The van der Waals surface area contributed by atoms with E-state index < -0.39 is 9.84 Å². The normalized spacial score (nSPS) is 23.3. The van der Waals surface area contributed by atoms with Crippen molar-refractivity contribution in [2.24, 2.45) is 10.9 Å². The number of nitrogens with zero attached hydrogens (tertiary/aromatic N) is 2. The molecule has 0 aromatic heterocycles. The van der Waals surface area contributed by atoms with Gasteiger partial charge in [-0.05, 0) is 43.4 Å². The molecule has 0 saturated carbocycles. The van der Waals surface area contributed by atoms with E-state index in [9.17, 15) is 8.42 Å². The quantitative estimate of drug-likeness (QED) is 0.282. The van der Waals surface area contributed by atoms with Crippen LogP contribution in [-0.4, -0.2) is 77.2 Å². The fourth-order valence-corrected chi connectivity index (χ4v) is 5.91. The lowest BCUT2D eigenvalue weighted by molar-refractivity contribution is 0.321. The van der Waals surface area contributed by atoms with Crippen LogP contribution in [0.15, 0.2) is 23.2 Å². The lowest BCUT2D eigenvalue weighted by Crippen LogP contribution is -2.44. The second-order valence-corrected chi connectivity index (χ2v) is 10.3. The van der Waals surface area contributed by atoms with Crippen LogP contribution in [0.5, 0.6) is 11.5 Å². The van der Waals surface area contributed by atoms with E-state index in [0.29, 0.717) is 24.8 Å². The number of aliphatic imine (C=N–C) groups is 1. The summed E-state index contributed by atoms with van der Waals surface area (Å²) in [5.41, 5.74) is 1.16. The minimum Gasteiger partial charge on any atom is -0.497 e. The number of methoxy groups -OCH3 is 2. The Labute approximate surface area is 203 Å². The second kappa shape index (κ2) is 12.1. The fourth-order valence-electron chi connectivity index (χ4n) is 4.06. The number of hydrogen-bond donors (Lipinski definition) is 2. The van der Waals surface area contributed by atoms with Crippen LogP contribution in [0.4, 0.5) is 0 Å². The van der Waals surface area contributed by atoms with E-state index in [1.165, 1.54) is 0 Å². The Hall–Kier alpha value is -1.27. The molecule has 3 rings (SSSR count). The van der Waals surface area contributed by atoms with Crippen LogP contribution in [0.3, 0.4) is 0 Å². The molecule has 2 aliphatic rings. The van der Waals surface area contributed by atoms with Gasteiger partial charge in [-0.15, -0.1) is 24.0 Å². The van der Waals surface area contributed by atoms with Crippen LogP contribution >= 0.6 is 24.0 Å². The molecule has 10 heteroatoms. The summed E-state index contributed by atoms with van der Waals surface area (Å²) in [6.45, 7) is 6.11. The number of halogens is 1. The molecule has 0 aliphatic carbocycles. The van der Waals surface area contributed by atoms with Gasteiger partial charge in [-0.1, -0.05) is 0 Å². The van der Waals surface area contributed by atoms with E-state index >= 15 is 0 Å². The highest BCUT2D eigenvalue weighted by molar-refractivity contribution is 14.0. The third-order valence-electron chi connectivity index (χ3n) is 5.61. The van der Waals surface area contributed by atoms with Gasteiger partial charge in [0.2, 0.25) is 0 Å². The number of rotatable bonds is 8. The first-order chi connectivity index (χ1) is 14.4. The smallest absolute Gasteiger partial charge is 0.191 e. The molecular formula is C21H35IN4O4S. The lowest BCUT2D eigenvalue weighted by atomic mass is 10.1. The Morgan fingerprint density at radius 1 is 1.19 bits per heavy atom. The summed E-state index contributed by atoms with van der Waals surface area (Å²) in [5.74, 6) is 3.06. The van der Waals surface area contributed by atoms with Crippen LogP contribution in [-0.2, 0) is 16.4 Å². The maximum atomic E-state index is 11.7. The highest BCUT2D eigenvalue weighted by Gasteiger charge is 2.28. The molecule has 0 bridgehead atoms. The van der Waals surface area contributed by atoms with Crippen molar-refractivity contribution in [2.75, 3.05) is 51.9 Å². The van der Waals surface area contributed by atoms with Gasteiger partial charge in [0.15, 0.2) is 15.8 Å². The lowest BCUT2D eigenvalue weighted by Gasteiger charge is -2.20. The Balaban J connectivity index is 0.00000341. The Morgan fingerprint density at radius 3 is 2.48 bits per heavy atom. The van der Waals surface area contributed by atoms with Gasteiger partial charge >= 0.3 is 0 Å². The van der Waals surface area contributed by atoms with Crippen molar-refractivity contribution in [1.29, 1.82) is 0 Å². The molecule has 0 spiro atoms. The first-order valence-corrected chi connectivity index (χ1v) is 12.4. The van der Waals surface area contributed by atoms with Gasteiger partial charge in [0.1, 0.15) is 11.5 Å². The largest absolute Gasteiger partial charge is 0.497 e. The zero-order valence-electron chi connectivity index (χ0n) is 18.6. The third-order valence-corrected chi connectivity index (χ3v) is 7.45. The van der Waals surface area contributed by atoms with Gasteiger partial charge in [-0.3, -0.25) is 9.89 Å². The molecule has 31 heavy (non-hydrogen) atoms. The maximum absolute atomic E-state index is 11.7. The molecule has 8 nitrogen and oxygen atoms in total. The summed E-state index contributed by atoms with van der Waals surface area (Å²) in [5, 5.41) is 6.81. The SMILES string of the molecule is CCNC(=NCC1CCS(=O)(=O)C1)NC1CCN(Cc2cc(OC)cc(OC)c2)C1.I. The second-order valence-electron chi connectivity index (χ2n) is 8.07. The van der Waals surface area contributed by atoms with Gasteiger partial charge in [-0.2, -0.15) is 0 Å². The molecular weight excluding hydrogens is 531 g/mol. The van der Waals surface area contributed by atoms with Gasteiger partial charge < -0.3 is 20.1 Å². The first kappa shape index (κ1) is 26.0. The van der Waals surface area contributed by atoms with Crippen molar-refractivity contribution < 1.29 is 17.9 Å². The Kier molecular flexibility index (Phi) is 10.1. The molecule has 2 heterocycles. The minimum absolute atomic E-state index is 0. The van der Waals surface area contributed by atoms with Crippen molar-refractivity contribution in [1.82, 2.24) is 15.5 Å². The van der Waals surface area contributed by atoms with Crippen molar-refractivity contribution in [3.05, 3.63) is 23.8 Å². The molecule has 2 N–H and O–H groups in total. The predicted octanol–water partition coefficient (Wildman–Crippen LogP) is 1.89. The zero-order valence-corrected chi connectivity index (χ0v) is 21.7. The topological polar surface area (TPSA) is 92.3 Å². The van der Waals surface area contributed by atoms with Crippen LogP contribution in [0.2, 0.25) is 0 Å². The van der Waals surface area contributed by atoms with Crippen LogP contribution < -0.4 is 20.1 Å². The third kappa shape index (κ3) is 7.98. The number of likely N-dealkylation sites (tertiary alicyclic amines) is 1.